The summed E-state index contributed by atoms with van der Waals surface area (Å²) in [4.78, 5) is 34.3. The number of amides is 2. The van der Waals surface area contributed by atoms with Gasteiger partial charge in [-0.2, -0.15) is 4.98 Å². The van der Waals surface area contributed by atoms with Crippen molar-refractivity contribution in [3.63, 3.8) is 0 Å². The van der Waals surface area contributed by atoms with Crippen molar-refractivity contribution < 1.29 is 9.18 Å². The molecule has 2 amide bonds. The van der Waals surface area contributed by atoms with E-state index in [-0.39, 0.29) is 17.3 Å². The zero-order valence-corrected chi connectivity index (χ0v) is 19.3. The van der Waals surface area contributed by atoms with Crippen molar-refractivity contribution >= 4 is 28.7 Å². The number of carbonyl (C=O) groups is 1. The van der Waals surface area contributed by atoms with Crippen molar-refractivity contribution in [1.82, 2.24) is 19.9 Å². The Morgan fingerprint density at radius 3 is 2.56 bits per heavy atom. The Bertz CT molecular complexity index is 1440. The SMILES string of the molecule is CNc1ncc2cc(-c3cc(NC(=O)NC(C)c4ccccc4)c(F)cc3C)c(=O)n(C)c2n1. The van der Waals surface area contributed by atoms with Gasteiger partial charge in [0, 0.05) is 31.2 Å². The summed E-state index contributed by atoms with van der Waals surface area (Å²) in [6, 6.07) is 13.1. The highest BCUT2D eigenvalue weighted by molar-refractivity contribution is 5.91. The summed E-state index contributed by atoms with van der Waals surface area (Å²) in [5, 5.41) is 8.87. The minimum Gasteiger partial charge on any atom is -0.357 e. The number of urea groups is 1. The quantitative estimate of drug-likeness (QED) is 0.411. The zero-order chi connectivity index (χ0) is 24.4. The molecule has 0 fully saturated rings. The Morgan fingerprint density at radius 2 is 1.85 bits per heavy atom. The lowest BCUT2D eigenvalue weighted by Crippen LogP contribution is -2.31. The van der Waals surface area contributed by atoms with Crippen molar-refractivity contribution in [2.45, 2.75) is 19.9 Å². The van der Waals surface area contributed by atoms with Gasteiger partial charge in [-0.15, -0.1) is 0 Å². The number of rotatable bonds is 5. The van der Waals surface area contributed by atoms with Crippen molar-refractivity contribution in [3.8, 4) is 11.1 Å². The molecule has 0 aliphatic rings. The highest BCUT2D eigenvalue weighted by Crippen LogP contribution is 2.29. The van der Waals surface area contributed by atoms with Crippen LogP contribution >= 0.6 is 0 Å². The molecule has 2 aromatic carbocycles. The van der Waals surface area contributed by atoms with Crippen LogP contribution in [-0.2, 0) is 7.05 Å². The highest BCUT2D eigenvalue weighted by Gasteiger charge is 2.17. The van der Waals surface area contributed by atoms with Crippen LogP contribution < -0.4 is 21.5 Å². The van der Waals surface area contributed by atoms with Gasteiger partial charge < -0.3 is 16.0 Å². The van der Waals surface area contributed by atoms with Gasteiger partial charge in [0.2, 0.25) is 5.95 Å². The van der Waals surface area contributed by atoms with Gasteiger partial charge in [0.1, 0.15) is 11.5 Å². The van der Waals surface area contributed by atoms with E-state index in [2.05, 4.69) is 25.9 Å². The van der Waals surface area contributed by atoms with E-state index in [0.717, 1.165) is 5.56 Å². The normalized spacial score (nSPS) is 11.8. The lowest BCUT2D eigenvalue weighted by atomic mass is 9.99. The summed E-state index contributed by atoms with van der Waals surface area (Å²) < 4.78 is 16.2. The average molecular weight is 461 g/mol. The summed E-state index contributed by atoms with van der Waals surface area (Å²) in [7, 11) is 3.32. The largest absolute Gasteiger partial charge is 0.357 e. The standard InChI is InChI=1S/C25H25FN6O2/c1-14-10-20(26)21(30-25(34)29-15(2)16-8-6-5-7-9-16)12-18(14)19-11-17-13-28-24(27-3)31-22(17)32(4)23(19)33/h5-13,15H,1-4H3,(H,27,28,31)(H2,29,30,34). The second-order valence-corrected chi connectivity index (χ2v) is 8.02. The molecule has 0 saturated heterocycles. The van der Waals surface area contributed by atoms with Crippen LogP contribution in [0.4, 0.5) is 20.8 Å². The third-order valence-corrected chi connectivity index (χ3v) is 5.67. The van der Waals surface area contributed by atoms with E-state index in [1.54, 1.807) is 33.3 Å². The Labute approximate surface area is 195 Å². The molecule has 0 spiro atoms. The lowest BCUT2D eigenvalue weighted by molar-refractivity contribution is 0.249. The number of nitrogens with zero attached hydrogens (tertiary/aromatic N) is 3. The number of pyridine rings is 1. The van der Waals surface area contributed by atoms with Gasteiger partial charge in [-0.1, -0.05) is 30.3 Å². The Kier molecular flexibility index (Phi) is 6.27. The van der Waals surface area contributed by atoms with E-state index in [1.807, 2.05) is 37.3 Å². The van der Waals surface area contributed by atoms with Gasteiger partial charge in [0.15, 0.2) is 0 Å². The van der Waals surface area contributed by atoms with Gasteiger partial charge in [0.05, 0.1) is 11.7 Å². The summed E-state index contributed by atoms with van der Waals surface area (Å²) in [5.74, 6) is -0.196. The summed E-state index contributed by atoms with van der Waals surface area (Å²) in [6.45, 7) is 3.55. The smallest absolute Gasteiger partial charge is 0.319 e. The molecule has 34 heavy (non-hydrogen) atoms. The topological polar surface area (TPSA) is 101 Å². The Hall–Kier alpha value is -4.27. The van der Waals surface area contributed by atoms with Gasteiger partial charge in [-0.25, -0.2) is 14.2 Å². The number of hydrogen-bond donors (Lipinski definition) is 3. The van der Waals surface area contributed by atoms with E-state index in [9.17, 15) is 14.0 Å². The van der Waals surface area contributed by atoms with E-state index in [0.29, 0.717) is 33.7 Å². The lowest BCUT2D eigenvalue weighted by Gasteiger charge is -2.17. The maximum Gasteiger partial charge on any atom is 0.319 e. The number of halogens is 1. The second kappa shape index (κ2) is 9.30. The summed E-state index contributed by atoms with van der Waals surface area (Å²) in [6.07, 6.45) is 1.62. The van der Waals surface area contributed by atoms with Crippen molar-refractivity contribution in [1.29, 1.82) is 0 Å². The van der Waals surface area contributed by atoms with Gasteiger partial charge in [-0.05, 0) is 48.7 Å². The monoisotopic (exact) mass is 460 g/mol. The summed E-state index contributed by atoms with van der Waals surface area (Å²) >= 11 is 0. The number of nitrogens with one attached hydrogen (secondary N) is 3. The first-order valence-corrected chi connectivity index (χ1v) is 10.8. The molecule has 0 aliphatic heterocycles. The van der Waals surface area contributed by atoms with Crippen LogP contribution in [0.3, 0.4) is 0 Å². The predicted molar refractivity (Wildman–Crippen MR) is 131 cm³/mol. The fourth-order valence-electron chi connectivity index (χ4n) is 3.80. The molecule has 0 radical (unpaired) electrons. The van der Waals surface area contributed by atoms with Crippen LogP contribution in [0.5, 0.6) is 0 Å². The van der Waals surface area contributed by atoms with Gasteiger partial charge in [0.25, 0.3) is 5.56 Å². The van der Waals surface area contributed by atoms with Gasteiger partial charge in [-0.3, -0.25) is 9.36 Å². The number of carbonyl (C=O) groups excluding carboxylic acids is 1. The molecule has 0 bridgehead atoms. The third-order valence-electron chi connectivity index (χ3n) is 5.67. The average Bonchev–Trinajstić information content (AvgIpc) is 2.83. The van der Waals surface area contributed by atoms with Crippen molar-refractivity contribution in [2.75, 3.05) is 17.7 Å². The Morgan fingerprint density at radius 1 is 1.12 bits per heavy atom. The molecular formula is C25H25FN6O2. The molecule has 2 aromatic heterocycles. The fourth-order valence-corrected chi connectivity index (χ4v) is 3.80. The first-order chi connectivity index (χ1) is 16.3. The molecule has 4 aromatic rings. The first-order valence-electron chi connectivity index (χ1n) is 10.8. The van der Waals surface area contributed by atoms with E-state index in [1.165, 1.54) is 16.7 Å². The van der Waals surface area contributed by atoms with E-state index >= 15 is 0 Å². The number of aryl methyl sites for hydroxylation is 2. The van der Waals surface area contributed by atoms with Crippen LogP contribution in [0.25, 0.3) is 22.2 Å². The molecular weight excluding hydrogens is 435 g/mol. The van der Waals surface area contributed by atoms with Crippen LogP contribution in [0.1, 0.15) is 24.1 Å². The minimum absolute atomic E-state index is 0.0257. The number of benzene rings is 2. The molecule has 174 valence electrons. The number of aromatic nitrogens is 3. The predicted octanol–water partition coefficient (Wildman–Crippen LogP) is 4.37. The van der Waals surface area contributed by atoms with E-state index < -0.39 is 11.8 Å². The second-order valence-electron chi connectivity index (χ2n) is 8.02. The third kappa shape index (κ3) is 4.45. The van der Waals surface area contributed by atoms with Crippen molar-refractivity contribution in [3.05, 3.63) is 82.0 Å². The molecule has 9 heteroatoms. The van der Waals surface area contributed by atoms with E-state index in [4.69, 9.17) is 0 Å². The van der Waals surface area contributed by atoms with Crippen LogP contribution in [0.2, 0.25) is 0 Å². The summed E-state index contributed by atoms with van der Waals surface area (Å²) in [5.41, 5.74) is 2.50. The number of anilines is 2. The van der Waals surface area contributed by atoms with Crippen LogP contribution in [0.15, 0.2) is 59.5 Å². The molecule has 3 N–H and O–H groups in total. The van der Waals surface area contributed by atoms with Gasteiger partial charge >= 0.3 is 6.03 Å². The first kappa shape index (κ1) is 22.9. The van der Waals surface area contributed by atoms with Crippen LogP contribution in [-0.4, -0.2) is 27.6 Å². The molecule has 4 rings (SSSR count). The molecule has 8 nitrogen and oxygen atoms in total. The molecule has 2 heterocycles. The minimum atomic E-state index is -0.594. The maximum atomic E-state index is 14.7. The molecule has 1 unspecified atom stereocenters. The molecule has 0 aliphatic carbocycles. The highest BCUT2D eigenvalue weighted by atomic mass is 19.1. The van der Waals surface area contributed by atoms with Crippen LogP contribution in [0, 0.1) is 12.7 Å². The zero-order valence-electron chi connectivity index (χ0n) is 19.3. The molecule has 1 atom stereocenters. The maximum absolute atomic E-state index is 14.7. The number of hydrogen-bond acceptors (Lipinski definition) is 5. The fraction of sp³-hybridized carbons (Fsp3) is 0.200. The number of fused-ring (bicyclic) bond motifs is 1. The molecule has 0 saturated carbocycles. The van der Waals surface area contributed by atoms with Crippen molar-refractivity contribution in [2.24, 2.45) is 7.05 Å². The Balaban J connectivity index is 1.68.